The number of aromatic nitrogens is 3. The number of benzene rings is 1. The monoisotopic (exact) mass is 347 g/mol. The highest BCUT2D eigenvalue weighted by molar-refractivity contribution is 9.10. The molecule has 0 spiro atoms. The molecular weight excluding hydrogens is 334 g/mol. The van der Waals surface area contributed by atoms with E-state index in [2.05, 4.69) is 54.7 Å². The number of aromatic amines is 1. The third-order valence-corrected chi connectivity index (χ3v) is 4.02. The number of hydrogen-bond donors (Lipinski definition) is 1. The van der Waals surface area contributed by atoms with Crippen molar-refractivity contribution in [2.24, 2.45) is 0 Å². The average Bonchev–Trinajstić information content (AvgIpc) is 2.75. The second-order valence-electron chi connectivity index (χ2n) is 4.70. The largest absolute Gasteiger partial charge is 0.329 e. The van der Waals surface area contributed by atoms with Crippen molar-refractivity contribution in [1.82, 2.24) is 14.5 Å². The summed E-state index contributed by atoms with van der Waals surface area (Å²) in [5, 5.41) is 0. The molecule has 1 aromatic carbocycles. The van der Waals surface area contributed by atoms with E-state index >= 15 is 0 Å². The summed E-state index contributed by atoms with van der Waals surface area (Å²) in [6, 6.07) is 12.5. The number of pyridine rings is 1. The van der Waals surface area contributed by atoms with Gasteiger partial charge in [0, 0.05) is 17.2 Å². The summed E-state index contributed by atoms with van der Waals surface area (Å²) in [6.45, 7) is 0.877. The van der Waals surface area contributed by atoms with Crippen LogP contribution in [0.4, 0.5) is 0 Å². The van der Waals surface area contributed by atoms with Gasteiger partial charge in [-0.3, -0.25) is 0 Å². The molecule has 0 saturated heterocycles. The maximum Gasteiger partial charge on any atom is 0.179 e. The van der Waals surface area contributed by atoms with Gasteiger partial charge in [0.2, 0.25) is 0 Å². The zero-order valence-corrected chi connectivity index (χ0v) is 13.2. The smallest absolute Gasteiger partial charge is 0.179 e. The van der Waals surface area contributed by atoms with E-state index in [-0.39, 0.29) is 0 Å². The summed E-state index contributed by atoms with van der Waals surface area (Å²) < 4.78 is 3.76. The van der Waals surface area contributed by atoms with Crippen LogP contribution in [0.2, 0.25) is 0 Å². The van der Waals surface area contributed by atoms with Crippen LogP contribution in [0.1, 0.15) is 12.0 Å². The molecule has 0 aliphatic heterocycles. The van der Waals surface area contributed by atoms with Crippen molar-refractivity contribution in [1.29, 1.82) is 0 Å². The number of nitrogens with one attached hydrogen (secondary N) is 1. The number of aryl methyl sites for hydroxylation is 2. The molecule has 1 N–H and O–H groups in total. The van der Waals surface area contributed by atoms with E-state index in [9.17, 15) is 0 Å². The fourth-order valence-electron chi connectivity index (χ4n) is 2.31. The van der Waals surface area contributed by atoms with Gasteiger partial charge in [0.05, 0.1) is 5.52 Å². The summed E-state index contributed by atoms with van der Waals surface area (Å²) >= 11 is 8.80. The van der Waals surface area contributed by atoms with Gasteiger partial charge >= 0.3 is 0 Å². The van der Waals surface area contributed by atoms with Crippen molar-refractivity contribution in [2.45, 2.75) is 19.4 Å². The molecule has 0 bridgehead atoms. The van der Waals surface area contributed by atoms with Gasteiger partial charge < -0.3 is 9.55 Å². The van der Waals surface area contributed by atoms with E-state index in [0.29, 0.717) is 0 Å². The van der Waals surface area contributed by atoms with Crippen molar-refractivity contribution in [2.75, 3.05) is 0 Å². The lowest BCUT2D eigenvalue weighted by Gasteiger charge is -2.04. The van der Waals surface area contributed by atoms with Crippen molar-refractivity contribution >= 4 is 39.3 Å². The number of nitrogens with zero attached hydrogens (tertiary/aromatic N) is 2. The first kappa shape index (κ1) is 13.5. The average molecular weight is 348 g/mol. The van der Waals surface area contributed by atoms with Crippen molar-refractivity contribution in [3.05, 3.63) is 57.4 Å². The fourth-order valence-corrected chi connectivity index (χ4v) is 2.93. The van der Waals surface area contributed by atoms with Crippen LogP contribution >= 0.6 is 28.1 Å². The molecule has 0 aliphatic carbocycles. The number of imidazole rings is 1. The Labute approximate surface area is 130 Å². The molecule has 102 valence electrons. The first-order valence-corrected chi connectivity index (χ1v) is 7.72. The highest BCUT2D eigenvalue weighted by atomic mass is 79.9. The third-order valence-electron chi connectivity index (χ3n) is 3.27. The van der Waals surface area contributed by atoms with Crippen LogP contribution in [-0.2, 0) is 13.0 Å². The second-order valence-corrected chi connectivity index (χ2v) is 6.00. The number of fused-ring (bicyclic) bond motifs is 1. The van der Waals surface area contributed by atoms with E-state index in [4.69, 9.17) is 12.2 Å². The highest BCUT2D eigenvalue weighted by Gasteiger charge is 2.06. The molecule has 20 heavy (non-hydrogen) atoms. The standard InChI is InChI=1S/C15H14BrN3S/c16-12-9-13-14(17-10-12)19(15(20)18-13)8-4-7-11-5-2-1-3-6-11/h1-3,5-6,9-10H,4,7-8H2,(H,18,20). The Morgan fingerprint density at radius 2 is 2.05 bits per heavy atom. The molecular formula is C15H14BrN3S. The molecule has 2 aromatic heterocycles. The lowest BCUT2D eigenvalue weighted by Crippen LogP contribution is -2.00. The normalized spacial score (nSPS) is 11.1. The molecule has 0 amide bonds. The van der Waals surface area contributed by atoms with Gasteiger partial charge in [-0.1, -0.05) is 30.3 Å². The van der Waals surface area contributed by atoms with Gasteiger partial charge in [-0.15, -0.1) is 0 Å². The molecule has 0 aliphatic rings. The molecule has 0 saturated carbocycles. The topological polar surface area (TPSA) is 33.6 Å². The Morgan fingerprint density at radius 1 is 1.25 bits per heavy atom. The number of hydrogen-bond acceptors (Lipinski definition) is 2. The lowest BCUT2D eigenvalue weighted by atomic mass is 10.1. The third kappa shape index (κ3) is 2.83. The van der Waals surface area contributed by atoms with E-state index in [1.807, 2.05) is 12.1 Å². The summed E-state index contributed by atoms with van der Waals surface area (Å²) in [4.78, 5) is 7.65. The molecule has 0 fully saturated rings. The second kappa shape index (κ2) is 5.89. The highest BCUT2D eigenvalue weighted by Crippen LogP contribution is 2.17. The minimum atomic E-state index is 0.735. The van der Waals surface area contributed by atoms with Crippen LogP contribution in [0.25, 0.3) is 11.2 Å². The van der Waals surface area contributed by atoms with Gasteiger partial charge in [0.25, 0.3) is 0 Å². The quantitative estimate of drug-likeness (QED) is 0.705. The predicted molar refractivity (Wildman–Crippen MR) is 87.4 cm³/mol. The van der Waals surface area contributed by atoms with Crippen LogP contribution < -0.4 is 0 Å². The van der Waals surface area contributed by atoms with Crippen molar-refractivity contribution in [3.63, 3.8) is 0 Å². The van der Waals surface area contributed by atoms with Gasteiger partial charge in [-0.05, 0) is 52.6 Å². The van der Waals surface area contributed by atoms with Crippen LogP contribution in [0, 0.1) is 4.77 Å². The summed E-state index contributed by atoms with van der Waals surface area (Å²) in [5.74, 6) is 0. The molecule has 2 heterocycles. The van der Waals surface area contributed by atoms with E-state index in [0.717, 1.165) is 39.8 Å². The molecule has 5 heteroatoms. The first-order chi connectivity index (χ1) is 9.74. The Hall–Kier alpha value is -1.46. The summed E-state index contributed by atoms with van der Waals surface area (Å²) in [7, 11) is 0. The Bertz CT molecular complexity index is 777. The van der Waals surface area contributed by atoms with E-state index in [1.165, 1.54) is 5.56 Å². The molecule has 3 nitrogen and oxygen atoms in total. The Balaban J connectivity index is 1.78. The molecule has 0 atom stereocenters. The summed E-state index contributed by atoms with van der Waals surface area (Å²) in [5.41, 5.74) is 3.25. The first-order valence-electron chi connectivity index (χ1n) is 6.52. The van der Waals surface area contributed by atoms with Gasteiger partial charge in [-0.2, -0.15) is 0 Å². The van der Waals surface area contributed by atoms with Crippen LogP contribution in [0.15, 0.2) is 47.1 Å². The van der Waals surface area contributed by atoms with Gasteiger partial charge in [0.1, 0.15) is 0 Å². The molecule has 3 aromatic rings. The minimum absolute atomic E-state index is 0.735. The number of rotatable bonds is 4. The van der Waals surface area contributed by atoms with Gasteiger partial charge in [-0.25, -0.2) is 4.98 Å². The number of H-pyrrole nitrogens is 1. The zero-order chi connectivity index (χ0) is 13.9. The SMILES string of the molecule is S=c1[nH]c2cc(Br)cnc2n1CCCc1ccccc1. The van der Waals surface area contributed by atoms with Gasteiger partial charge in [0.15, 0.2) is 10.4 Å². The lowest BCUT2D eigenvalue weighted by molar-refractivity contribution is 0.646. The van der Waals surface area contributed by atoms with Crippen LogP contribution in [-0.4, -0.2) is 14.5 Å². The maximum absolute atomic E-state index is 5.38. The Morgan fingerprint density at radius 3 is 2.85 bits per heavy atom. The van der Waals surface area contributed by atoms with Crippen LogP contribution in [0.3, 0.4) is 0 Å². The maximum atomic E-state index is 5.38. The Kier molecular flexibility index (Phi) is 3.98. The molecule has 0 radical (unpaired) electrons. The van der Waals surface area contributed by atoms with E-state index < -0.39 is 0 Å². The zero-order valence-electron chi connectivity index (χ0n) is 10.8. The number of halogens is 1. The molecule has 3 rings (SSSR count). The molecule has 0 unspecified atom stereocenters. The van der Waals surface area contributed by atoms with Crippen LogP contribution in [0.5, 0.6) is 0 Å². The summed E-state index contributed by atoms with van der Waals surface area (Å²) in [6.07, 6.45) is 3.90. The van der Waals surface area contributed by atoms with Crippen molar-refractivity contribution < 1.29 is 0 Å². The van der Waals surface area contributed by atoms with E-state index in [1.54, 1.807) is 6.20 Å². The fraction of sp³-hybridized carbons (Fsp3) is 0.200. The van der Waals surface area contributed by atoms with Crippen molar-refractivity contribution in [3.8, 4) is 0 Å². The minimum Gasteiger partial charge on any atom is -0.329 e. The predicted octanol–water partition coefficient (Wildman–Crippen LogP) is 4.49.